The van der Waals surface area contributed by atoms with Crippen LogP contribution in [0.5, 0.6) is 5.75 Å². The Labute approximate surface area is 109 Å². The zero-order chi connectivity index (χ0) is 13.0. The molecular formula is C15H20N2O. The molecule has 0 saturated carbocycles. The molecule has 3 heteroatoms. The summed E-state index contributed by atoms with van der Waals surface area (Å²) < 4.78 is 5.49. The summed E-state index contributed by atoms with van der Waals surface area (Å²) in [7, 11) is 0. The third-order valence-electron chi connectivity index (χ3n) is 3.21. The van der Waals surface area contributed by atoms with Gasteiger partial charge in [0.1, 0.15) is 5.75 Å². The van der Waals surface area contributed by atoms with Crippen molar-refractivity contribution in [1.82, 2.24) is 5.32 Å². The van der Waals surface area contributed by atoms with Crippen LogP contribution in [-0.2, 0) is 12.8 Å². The van der Waals surface area contributed by atoms with Crippen molar-refractivity contribution in [2.75, 3.05) is 19.7 Å². The SMILES string of the molecule is CC(C)(C#N)CNCCc1ccc2c(c1)CCO2. The van der Waals surface area contributed by atoms with Crippen molar-refractivity contribution >= 4 is 0 Å². The minimum absolute atomic E-state index is 0.286. The second-order valence-corrected chi connectivity index (χ2v) is 5.46. The molecule has 0 aliphatic carbocycles. The Morgan fingerprint density at radius 2 is 2.28 bits per heavy atom. The van der Waals surface area contributed by atoms with E-state index in [1.807, 2.05) is 13.8 Å². The van der Waals surface area contributed by atoms with Crippen LogP contribution in [0.25, 0.3) is 0 Å². The largest absolute Gasteiger partial charge is 0.493 e. The number of benzene rings is 1. The summed E-state index contributed by atoms with van der Waals surface area (Å²) in [4.78, 5) is 0. The number of ether oxygens (including phenoxy) is 1. The van der Waals surface area contributed by atoms with Crippen molar-refractivity contribution in [2.24, 2.45) is 5.41 Å². The van der Waals surface area contributed by atoms with Crippen molar-refractivity contribution < 1.29 is 4.74 Å². The van der Waals surface area contributed by atoms with Crippen LogP contribution in [-0.4, -0.2) is 19.7 Å². The highest BCUT2D eigenvalue weighted by molar-refractivity contribution is 5.39. The van der Waals surface area contributed by atoms with Gasteiger partial charge in [-0.1, -0.05) is 12.1 Å². The maximum atomic E-state index is 8.91. The lowest BCUT2D eigenvalue weighted by Crippen LogP contribution is -2.29. The fourth-order valence-corrected chi connectivity index (χ4v) is 2.07. The second-order valence-electron chi connectivity index (χ2n) is 5.46. The van der Waals surface area contributed by atoms with Gasteiger partial charge >= 0.3 is 0 Å². The first-order valence-corrected chi connectivity index (χ1v) is 6.47. The maximum Gasteiger partial charge on any atom is 0.122 e. The molecule has 0 spiro atoms. The molecule has 0 amide bonds. The molecule has 0 radical (unpaired) electrons. The van der Waals surface area contributed by atoms with Gasteiger partial charge in [0.25, 0.3) is 0 Å². The van der Waals surface area contributed by atoms with Gasteiger partial charge < -0.3 is 10.1 Å². The summed E-state index contributed by atoms with van der Waals surface area (Å²) in [6, 6.07) is 8.72. The fraction of sp³-hybridized carbons (Fsp3) is 0.533. The van der Waals surface area contributed by atoms with Gasteiger partial charge in [-0.05, 0) is 44.0 Å². The lowest BCUT2D eigenvalue weighted by Gasteiger charge is -2.15. The highest BCUT2D eigenvalue weighted by Gasteiger charge is 2.15. The Morgan fingerprint density at radius 1 is 1.44 bits per heavy atom. The third kappa shape index (κ3) is 3.24. The van der Waals surface area contributed by atoms with E-state index in [2.05, 4.69) is 29.6 Å². The monoisotopic (exact) mass is 244 g/mol. The number of rotatable bonds is 5. The molecule has 1 aromatic carbocycles. The molecule has 1 aliphatic heterocycles. The molecule has 1 aliphatic rings. The predicted octanol–water partition coefficient (Wildman–Crippen LogP) is 2.30. The number of hydrogen-bond acceptors (Lipinski definition) is 3. The number of nitrogens with zero attached hydrogens (tertiary/aromatic N) is 1. The van der Waals surface area contributed by atoms with Crippen molar-refractivity contribution in [3.8, 4) is 11.8 Å². The molecule has 0 bridgehead atoms. The van der Waals surface area contributed by atoms with E-state index in [1.165, 1.54) is 11.1 Å². The number of nitrogens with one attached hydrogen (secondary N) is 1. The normalized spacial score (nSPS) is 13.8. The number of nitriles is 1. The zero-order valence-electron chi connectivity index (χ0n) is 11.1. The summed E-state index contributed by atoms with van der Waals surface area (Å²) in [6.07, 6.45) is 2.02. The van der Waals surface area contributed by atoms with Gasteiger partial charge in [-0.2, -0.15) is 5.26 Å². The molecule has 0 unspecified atom stereocenters. The molecule has 1 N–H and O–H groups in total. The minimum Gasteiger partial charge on any atom is -0.493 e. The molecule has 1 aromatic rings. The molecule has 0 saturated heterocycles. The molecule has 3 nitrogen and oxygen atoms in total. The average Bonchev–Trinajstić information content (AvgIpc) is 2.82. The van der Waals surface area contributed by atoms with Crippen molar-refractivity contribution in [2.45, 2.75) is 26.7 Å². The van der Waals surface area contributed by atoms with Gasteiger partial charge in [-0.15, -0.1) is 0 Å². The Morgan fingerprint density at radius 3 is 3.06 bits per heavy atom. The third-order valence-corrected chi connectivity index (χ3v) is 3.21. The van der Waals surface area contributed by atoms with E-state index in [4.69, 9.17) is 10.00 Å². The van der Waals surface area contributed by atoms with Crippen LogP contribution in [0.3, 0.4) is 0 Å². The topological polar surface area (TPSA) is 45.0 Å². The first kappa shape index (κ1) is 12.9. The van der Waals surface area contributed by atoms with Crippen LogP contribution in [0, 0.1) is 16.7 Å². The maximum absolute atomic E-state index is 8.91. The standard InChI is InChI=1S/C15H20N2O/c1-15(2,10-16)11-17-7-5-12-3-4-14-13(9-12)6-8-18-14/h3-4,9,17H,5-8,11H2,1-2H3. The average molecular weight is 244 g/mol. The Kier molecular flexibility index (Phi) is 3.88. The van der Waals surface area contributed by atoms with Crippen molar-refractivity contribution in [3.05, 3.63) is 29.3 Å². The summed E-state index contributed by atoms with van der Waals surface area (Å²) in [5.41, 5.74) is 2.37. The number of hydrogen-bond donors (Lipinski definition) is 1. The van der Waals surface area contributed by atoms with Gasteiger partial charge in [0.15, 0.2) is 0 Å². The zero-order valence-corrected chi connectivity index (χ0v) is 11.1. The summed E-state index contributed by atoms with van der Waals surface area (Å²) >= 11 is 0. The summed E-state index contributed by atoms with van der Waals surface area (Å²) in [5, 5.41) is 12.3. The van der Waals surface area contributed by atoms with Crippen LogP contribution in [0.1, 0.15) is 25.0 Å². The van der Waals surface area contributed by atoms with Crippen LogP contribution in [0.4, 0.5) is 0 Å². The number of fused-ring (bicyclic) bond motifs is 1. The van der Waals surface area contributed by atoms with E-state index < -0.39 is 0 Å². The predicted molar refractivity (Wildman–Crippen MR) is 71.6 cm³/mol. The molecule has 2 rings (SSSR count). The van der Waals surface area contributed by atoms with Crippen molar-refractivity contribution in [3.63, 3.8) is 0 Å². The van der Waals surface area contributed by atoms with E-state index in [9.17, 15) is 0 Å². The Hall–Kier alpha value is -1.53. The molecule has 0 fully saturated rings. The first-order chi connectivity index (χ1) is 8.61. The van der Waals surface area contributed by atoms with Gasteiger partial charge in [-0.25, -0.2) is 0 Å². The minimum atomic E-state index is -0.286. The van der Waals surface area contributed by atoms with Crippen molar-refractivity contribution in [1.29, 1.82) is 5.26 Å². The molecule has 1 heterocycles. The first-order valence-electron chi connectivity index (χ1n) is 6.47. The summed E-state index contributed by atoms with van der Waals surface area (Å²) in [6.45, 7) is 6.36. The second kappa shape index (κ2) is 5.41. The smallest absolute Gasteiger partial charge is 0.122 e. The highest BCUT2D eigenvalue weighted by atomic mass is 16.5. The van der Waals surface area contributed by atoms with E-state index in [-0.39, 0.29) is 5.41 Å². The van der Waals surface area contributed by atoms with Crippen LogP contribution >= 0.6 is 0 Å². The highest BCUT2D eigenvalue weighted by Crippen LogP contribution is 2.25. The van der Waals surface area contributed by atoms with Gasteiger partial charge in [0.2, 0.25) is 0 Å². The molecular weight excluding hydrogens is 224 g/mol. The Balaban J connectivity index is 1.79. The Bertz CT molecular complexity index is 460. The van der Waals surface area contributed by atoms with Gasteiger partial charge in [-0.3, -0.25) is 0 Å². The summed E-state index contributed by atoms with van der Waals surface area (Å²) in [5.74, 6) is 1.04. The van der Waals surface area contributed by atoms with E-state index in [0.29, 0.717) is 0 Å². The van der Waals surface area contributed by atoms with Crippen LogP contribution in [0.2, 0.25) is 0 Å². The van der Waals surface area contributed by atoms with E-state index >= 15 is 0 Å². The molecule has 0 atom stereocenters. The van der Waals surface area contributed by atoms with Gasteiger partial charge in [0, 0.05) is 13.0 Å². The fourth-order valence-electron chi connectivity index (χ4n) is 2.07. The van der Waals surface area contributed by atoms with E-state index in [0.717, 1.165) is 38.3 Å². The van der Waals surface area contributed by atoms with Crippen LogP contribution < -0.4 is 10.1 Å². The molecule has 18 heavy (non-hydrogen) atoms. The van der Waals surface area contributed by atoms with E-state index in [1.54, 1.807) is 0 Å². The van der Waals surface area contributed by atoms with Gasteiger partial charge in [0.05, 0.1) is 18.1 Å². The molecule has 0 aromatic heterocycles. The lowest BCUT2D eigenvalue weighted by atomic mass is 9.96. The molecule has 96 valence electrons. The quantitative estimate of drug-likeness (QED) is 0.808. The van der Waals surface area contributed by atoms with Crippen LogP contribution in [0.15, 0.2) is 18.2 Å². The lowest BCUT2D eigenvalue weighted by molar-refractivity contribution is 0.357.